The van der Waals surface area contributed by atoms with E-state index >= 15 is 0 Å². The van der Waals surface area contributed by atoms with Crippen LogP contribution in [-0.2, 0) is 16.1 Å². The summed E-state index contributed by atoms with van der Waals surface area (Å²) in [6.07, 6.45) is 4.03. The highest BCUT2D eigenvalue weighted by atomic mass is 16.2. The van der Waals surface area contributed by atoms with E-state index in [-0.39, 0.29) is 17.7 Å². The largest absolute Gasteiger partial charge is 0.336 e. The van der Waals surface area contributed by atoms with Crippen molar-refractivity contribution in [2.24, 2.45) is 5.92 Å². The Morgan fingerprint density at radius 3 is 2.35 bits per heavy atom. The summed E-state index contributed by atoms with van der Waals surface area (Å²) in [6.45, 7) is 4.12. The lowest BCUT2D eigenvalue weighted by Crippen LogP contribution is -2.34. The second-order valence-electron chi connectivity index (χ2n) is 6.59. The average molecular weight is 315 g/mol. The number of carbonyl (C=O) groups excluding carboxylic acids is 2. The highest BCUT2D eigenvalue weighted by Gasteiger charge is 2.30. The van der Waals surface area contributed by atoms with Crippen molar-refractivity contribution in [1.82, 2.24) is 10.2 Å². The number of rotatable bonds is 5. The molecule has 1 aromatic carbocycles. The minimum Gasteiger partial charge on any atom is -0.336 e. The third-order valence-corrected chi connectivity index (χ3v) is 4.68. The lowest BCUT2D eigenvalue weighted by atomic mass is 9.97. The number of nitrogens with zero attached hydrogens (tertiary/aromatic N) is 1. The SMILES string of the molecule is CC(=O)N(Cc1ccc(NC(=O)C2CCNCC2)cc1)C1CC1. The van der Waals surface area contributed by atoms with Crippen molar-refractivity contribution in [3.8, 4) is 0 Å². The Bertz CT molecular complexity index is 560. The van der Waals surface area contributed by atoms with Gasteiger partial charge in [0.15, 0.2) is 0 Å². The van der Waals surface area contributed by atoms with Crippen LogP contribution in [0.1, 0.15) is 38.2 Å². The molecule has 1 saturated carbocycles. The lowest BCUT2D eigenvalue weighted by molar-refractivity contribution is -0.130. The van der Waals surface area contributed by atoms with Crippen molar-refractivity contribution in [3.05, 3.63) is 29.8 Å². The highest BCUT2D eigenvalue weighted by Crippen LogP contribution is 2.28. The Morgan fingerprint density at radius 2 is 1.78 bits per heavy atom. The van der Waals surface area contributed by atoms with Gasteiger partial charge in [0.05, 0.1) is 0 Å². The van der Waals surface area contributed by atoms with Gasteiger partial charge in [0.25, 0.3) is 0 Å². The van der Waals surface area contributed by atoms with Crippen LogP contribution in [0.3, 0.4) is 0 Å². The molecule has 3 rings (SSSR count). The number of nitrogens with one attached hydrogen (secondary N) is 2. The van der Waals surface area contributed by atoms with Crippen LogP contribution >= 0.6 is 0 Å². The number of benzene rings is 1. The fourth-order valence-corrected chi connectivity index (χ4v) is 3.10. The molecule has 23 heavy (non-hydrogen) atoms. The average Bonchev–Trinajstić information content (AvgIpc) is 3.39. The molecule has 124 valence electrons. The smallest absolute Gasteiger partial charge is 0.227 e. The monoisotopic (exact) mass is 315 g/mol. The van der Waals surface area contributed by atoms with Gasteiger partial charge in [0.1, 0.15) is 0 Å². The molecular weight excluding hydrogens is 290 g/mol. The topological polar surface area (TPSA) is 61.4 Å². The molecule has 0 bridgehead atoms. The molecule has 5 heteroatoms. The number of carbonyl (C=O) groups is 2. The number of piperidine rings is 1. The van der Waals surface area contributed by atoms with Crippen LogP contribution in [0.2, 0.25) is 0 Å². The van der Waals surface area contributed by atoms with Gasteiger partial charge >= 0.3 is 0 Å². The number of hydrogen-bond acceptors (Lipinski definition) is 3. The third kappa shape index (κ3) is 4.32. The first kappa shape index (κ1) is 16.0. The summed E-state index contributed by atoms with van der Waals surface area (Å²) in [6, 6.07) is 8.28. The van der Waals surface area contributed by atoms with E-state index in [9.17, 15) is 9.59 Å². The van der Waals surface area contributed by atoms with Crippen molar-refractivity contribution in [3.63, 3.8) is 0 Å². The standard InChI is InChI=1S/C18H25N3O2/c1-13(22)21(17-6-7-17)12-14-2-4-16(5-3-14)20-18(23)15-8-10-19-11-9-15/h2-5,15,17,19H,6-12H2,1H3,(H,20,23). The van der Waals surface area contributed by atoms with E-state index in [2.05, 4.69) is 10.6 Å². The summed E-state index contributed by atoms with van der Waals surface area (Å²) >= 11 is 0. The van der Waals surface area contributed by atoms with Crippen LogP contribution in [-0.4, -0.2) is 35.8 Å². The van der Waals surface area contributed by atoms with Crippen LogP contribution in [0.25, 0.3) is 0 Å². The van der Waals surface area contributed by atoms with E-state index in [1.54, 1.807) is 6.92 Å². The van der Waals surface area contributed by atoms with Gasteiger partial charge in [-0.15, -0.1) is 0 Å². The molecule has 1 heterocycles. The van der Waals surface area contributed by atoms with Crippen molar-refractivity contribution in [2.45, 2.75) is 45.2 Å². The minimum absolute atomic E-state index is 0.110. The molecular formula is C18H25N3O2. The quantitative estimate of drug-likeness (QED) is 0.875. The molecule has 5 nitrogen and oxygen atoms in total. The van der Waals surface area contributed by atoms with Crippen LogP contribution in [0.15, 0.2) is 24.3 Å². The maximum atomic E-state index is 12.2. The summed E-state index contributed by atoms with van der Waals surface area (Å²) in [5, 5.41) is 6.27. The first-order chi connectivity index (χ1) is 11.1. The molecule has 2 N–H and O–H groups in total. The van der Waals surface area contributed by atoms with Crippen LogP contribution in [0.4, 0.5) is 5.69 Å². The summed E-state index contributed by atoms with van der Waals surface area (Å²) in [5.74, 6) is 0.359. The van der Waals surface area contributed by atoms with E-state index < -0.39 is 0 Å². The first-order valence-corrected chi connectivity index (χ1v) is 8.51. The molecule has 1 saturated heterocycles. The first-order valence-electron chi connectivity index (χ1n) is 8.51. The summed E-state index contributed by atoms with van der Waals surface area (Å²) in [4.78, 5) is 25.8. The van der Waals surface area contributed by atoms with Gasteiger partial charge in [0, 0.05) is 31.1 Å². The molecule has 0 radical (unpaired) electrons. The summed E-state index contributed by atoms with van der Waals surface area (Å²) in [7, 11) is 0. The number of anilines is 1. The fraction of sp³-hybridized carbons (Fsp3) is 0.556. The predicted molar refractivity (Wildman–Crippen MR) is 89.9 cm³/mol. The minimum atomic E-state index is 0.110. The van der Waals surface area contributed by atoms with Gasteiger partial charge in [-0.1, -0.05) is 12.1 Å². The number of hydrogen-bond donors (Lipinski definition) is 2. The maximum absolute atomic E-state index is 12.2. The Hall–Kier alpha value is -1.88. The molecule has 2 aliphatic rings. The molecule has 0 unspecified atom stereocenters. The molecule has 0 atom stereocenters. The van der Waals surface area contributed by atoms with E-state index in [0.717, 1.165) is 50.0 Å². The van der Waals surface area contributed by atoms with Gasteiger partial charge in [0.2, 0.25) is 11.8 Å². The van der Waals surface area contributed by atoms with Crippen LogP contribution < -0.4 is 10.6 Å². The molecule has 0 spiro atoms. The van der Waals surface area contributed by atoms with Crippen molar-refractivity contribution >= 4 is 17.5 Å². The van der Waals surface area contributed by atoms with Crippen LogP contribution in [0.5, 0.6) is 0 Å². The summed E-state index contributed by atoms with van der Waals surface area (Å²) in [5.41, 5.74) is 1.94. The lowest BCUT2D eigenvalue weighted by Gasteiger charge is -2.22. The Labute approximate surface area is 137 Å². The second-order valence-corrected chi connectivity index (χ2v) is 6.59. The number of amides is 2. The fourth-order valence-electron chi connectivity index (χ4n) is 3.10. The molecule has 1 aliphatic heterocycles. The maximum Gasteiger partial charge on any atom is 0.227 e. The summed E-state index contributed by atoms with van der Waals surface area (Å²) < 4.78 is 0. The Kier molecular flexibility index (Phi) is 4.96. The van der Waals surface area contributed by atoms with Crippen molar-refractivity contribution in [1.29, 1.82) is 0 Å². The zero-order valence-corrected chi connectivity index (χ0v) is 13.7. The van der Waals surface area contributed by atoms with Crippen LogP contribution in [0, 0.1) is 5.92 Å². The zero-order chi connectivity index (χ0) is 16.2. The predicted octanol–water partition coefficient (Wildman–Crippen LogP) is 2.14. The van der Waals surface area contributed by atoms with Crippen molar-refractivity contribution in [2.75, 3.05) is 18.4 Å². The molecule has 1 aromatic rings. The van der Waals surface area contributed by atoms with E-state index in [1.165, 1.54) is 0 Å². The Balaban J connectivity index is 1.56. The van der Waals surface area contributed by atoms with Crippen molar-refractivity contribution < 1.29 is 9.59 Å². The van der Waals surface area contributed by atoms with Gasteiger partial charge in [-0.25, -0.2) is 0 Å². The van der Waals surface area contributed by atoms with Gasteiger partial charge in [-0.05, 0) is 56.5 Å². The van der Waals surface area contributed by atoms with E-state index in [4.69, 9.17) is 0 Å². The highest BCUT2D eigenvalue weighted by molar-refractivity contribution is 5.92. The van der Waals surface area contributed by atoms with Gasteiger partial charge in [-0.2, -0.15) is 0 Å². The van der Waals surface area contributed by atoms with Gasteiger partial charge in [-0.3, -0.25) is 9.59 Å². The molecule has 0 aromatic heterocycles. The Morgan fingerprint density at radius 1 is 1.13 bits per heavy atom. The molecule has 2 fully saturated rings. The second kappa shape index (κ2) is 7.13. The molecule has 1 aliphatic carbocycles. The van der Waals surface area contributed by atoms with E-state index in [1.807, 2.05) is 29.2 Å². The molecule has 2 amide bonds. The third-order valence-electron chi connectivity index (χ3n) is 4.68. The zero-order valence-electron chi connectivity index (χ0n) is 13.7. The van der Waals surface area contributed by atoms with E-state index in [0.29, 0.717) is 12.6 Å². The van der Waals surface area contributed by atoms with Gasteiger partial charge < -0.3 is 15.5 Å². The normalized spacial score (nSPS) is 18.5.